The van der Waals surface area contributed by atoms with Crippen molar-refractivity contribution in [2.24, 2.45) is 0 Å². The molecule has 6 aromatic carbocycles. The number of rotatable bonds is 6. The van der Waals surface area contributed by atoms with Crippen LogP contribution in [0.2, 0.25) is 0 Å². The largest absolute Gasteiger partial charge is 0.336 e. The molecular weight excluding hydrogens is 530 g/mol. The molecule has 1 aliphatic rings. The SMILES string of the molecule is CC(=Cc1ccc2c(c1)-c1ccccc1-c1cc(C=C(C)c3ccccc3)ccc1N2Cc1ccccc1)c1ccccc1. The molecule has 1 heterocycles. The summed E-state index contributed by atoms with van der Waals surface area (Å²) in [7, 11) is 0. The molecule has 1 heteroatoms. The van der Waals surface area contributed by atoms with Gasteiger partial charge in [0.05, 0.1) is 0 Å². The van der Waals surface area contributed by atoms with Crippen molar-refractivity contribution in [1.82, 2.24) is 0 Å². The van der Waals surface area contributed by atoms with Gasteiger partial charge in [0.1, 0.15) is 0 Å². The Labute approximate surface area is 261 Å². The summed E-state index contributed by atoms with van der Waals surface area (Å²) < 4.78 is 0. The minimum absolute atomic E-state index is 0.783. The lowest BCUT2D eigenvalue weighted by Gasteiger charge is -2.28. The van der Waals surface area contributed by atoms with E-state index in [2.05, 4.69) is 183 Å². The molecule has 0 saturated carbocycles. The Morgan fingerprint density at radius 3 is 1.32 bits per heavy atom. The third-order valence-electron chi connectivity index (χ3n) is 8.54. The molecule has 44 heavy (non-hydrogen) atoms. The van der Waals surface area contributed by atoms with E-state index in [1.165, 1.54) is 72.6 Å². The number of nitrogens with zero attached hydrogens (tertiary/aromatic N) is 1. The van der Waals surface area contributed by atoms with Crippen LogP contribution in [0.15, 0.2) is 152 Å². The van der Waals surface area contributed by atoms with E-state index in [0.717, 1.165) is 6.54 Å². The molecule has 1 nitrogen and oxygen atoms in total. The summed E-state index contributed by atoms with van der Waals surface area (Å²) in [5, 5.41) is 0. The maximum absolute atomic E-state index is 2.50. The van der Waals surface area contributed by atoms with E-state index in [1.807, 2.05) is 0 Å². The summed E-state index contributed by atoms with van der Waals surface area (Å²) in [6.45, 7) is 5.17. The van der Waals surface area contributed by atoms with Gasteiger partial charge in [0.15, 0.2) is 0 Å². The van der Waals surface area contributed by atoms with Crippen molar-refractivity contribution in [3.8, 4) is 22.3 Å². The van der Waals surface area contributed by atoms with Gasteiger partial charge in [-0.15, -0.1) is 0 Å². The van der Waals surface area contributed by atoms with Gasteiger partial charge < -0.3 is 4.90 Å². The first kappa shape index (κ1) is 27.4. The number of hydrogen-bond donors (Lipinski definition) is 0. The molecule has 0 amide bonds. The molecule has 7 rings (SSSR count). The molecule has 0 bridgehead atoms. The highest BCUT2D eigenvalue weighted by Crippen LogP contribution is 2.49. The normalized spacial score (nSPS) is 12.6. The van der Waals surface area contributed by atoms with E-state index in [0.29, 0.717) is 0 Å². The lowest BCUT2D eigenvalue weighted by atomic mass is 9.92. The maximum atomic E-state index is 2.50. The first-order chi connectivity index (χ1) is 21.6. The quantitative estimate of drug-likeness (QED) is 0.182. The zero-order chi connectivity index (χ0) is 29.9. The predicted molar refractivity (Wildman–Crippen MR) is 190 cm³/mol. The Bertz CT molecular complexity index is 1860. The molecule has 1 aliphatic heterocycles. The van der Waals surface area contributed by atoms with Crippen LogP contribution < -0.4 is 4.90 Å². The molecule has 212 valence electrons. The van der Waals surface area contributed by atoms with Gasteiger partial charge in [-0.25, -0.2) is 0 Å². The molecule has 0 saturated heterocycles. The molecule has 0 unspecified atom stereocenters. The van der Waals surface area contributed by atoms with E-state index >= 15 is 0 Å². The van der Waals surface area contributed by atoms with Crippen LogP contribution in [0.3, 0.4) is 0 Å². The van der Waals surface area contributed by atoms with E-state index in [4.69, 9.17) is 0 Å². The van der Waals surface area contributed by atoms with Crippen molar-refractivity contribution in [3.05, 3.63) is 179 Å². The monoisotopic (exact) mass is 565 g/mol. The van der Waals surface area contributed by atoms with Gasteiger partial charge in [0.2, 0.25) is 0 Å². The zero-order valence-electron chi connectivity index (χ0n) is 25.2. The Hall–Kier alpha value is -5.40. The van der Waals surface area contributed by atoms with E-state index in [1.54, 1.807) is 0 Å². The fourth-order valence-electron chi connectivity index (χ4n) is 6.28. The third-order valence-corrected chi connectivity index (χ3v) is 8.54. The van der Waals surface area contributed by atoms with Crippen molar-refractivity contribution in [1.29, 1.82) is 0 Å². The van der Waals surface area contributed by atoms with Crippen molar-refractivity contribution in [3.63, 3.8) is 0 Å². The highest BCUT2D eigenvalue weighted by Gasteiger charge is 2.25. The van der Waals surface area contributed by atoms with Gasteiger partial charge in [-0.2, -0.15) is 0 Å². The van der Waals surface area contributed by atoms with Crippen molar-refractivity contribution in [2.75, 3.05) is 4.90 Å². The van der Waals surface area contributed by atoms with Crippen LogP contribution in [0.1, 0.15) is 41.7 Å². The summed E-state index contributed by atoms with van der Waals surface area (Å²) in [4.78, 5) is 2.50. The predicted octanol–water partition coefficient (Wildman–Crippen LogP) is 11.8. The summed E-state index contributed by atoms with van der Waals surface area (Å²) in [5.41, 5.74) is 16.1. The first-order valence-electron chi connectivity index (χ1n) is 15.3. The van der Waals surface area contributed by atoms with E-state index < -0.39 is 0 Å². The number of fused-ring (bicyclic) bond motifs is 5. The molecular formula is C43H35N. The lowest BCUT2D eigenvalue weighted by molar-refractivity contribution is 0.979. The summed E-state index contributed by atoms with van der Waals surface area (Å²) in [5.74, 6) is 0. The second kappa shape index (κ2) is 12.1. The first-order valence-corrected chi connectivity index (χ1v) is 15.3. The van der Waals surface area contributed by atoms with Gasteiger partial charge in [0, 0.05) is 29.0 Å². The van der Waals surface area contributed by atoms with E-state index in [-0.39, 0.29) is 0 Å². The maximum Gasteiger partial charge on any atom is 0.0494 e. The number of anilines is 2. The van der Waals surface area contributed by atoms with E-state index in [9.17, 15) is 0 Å². The highest BCUT2D eigenvalue weighted by molar-refractivity contribution is 6.01. The minimum atomic E-state index is 0.783. The van der Waals surface area contributed by atoms with Crippen molar-refractivity contribution in [2.45, 2.75) is 20.4 Å². The minimum Gasteiger partial charge on any atom is -0.336 e. The molecule has 0 radical (unpaired) electrons. The standard InChI is InChI=1S/C43H35N/c1-31(36-16-8-4-9-17-36)26-34-22-24-42-40(28-34)38-20-12-13-21-39(38)41-29-35(27-32(2)37-18-10-5-11-19-37)23-25-43(41)44(42)30-33-14-6-3-7-15-33/h3-29H,30H2,1-2H3. The van der Waals surface area contributed by atoms with Gasteiger partial charge in [-0.05, 0) is 88.2 Å². The Kier molecular flexibility index (Phi) is 7.53. The Balaban J connectivity index is 1.40. The van der Waals surface area contributed by atoms with Crippen molar-refractivity contribution < 1.29 is 0 Å². The van der Waals surface area contributed by atoms with Crippen LogP contribution in [0.25, 0.3) is 45.6 Å². The number of hydrogen-bond acceptors (Lipinski definition) is 1. The summed E-state index contributed by atoms with van der Waals surface area (Å²) >= 11 is 0. The van der Waals surface area contributed by atoms with Crippen LogP contribution in [0.5, 0.6) is 0 Å². The molecule has 0 aliphatic carbocycles. The molecule has 0 fully saturated rings. The van der Waals surface area contributed by atoms with Gasteiger partial charge in [-0.1, -0.05) is 140 Å². The smallest absolute Gasteiger partial charge is 0.0494 e. The lowest BCUT2D eigenvalue weighted by Crippen LogP contribution is -2.17. The van der Waals surface area contributed by atoms with Crippen molar-refractivity contribution >= 4 is 34.7 Å². The average molecular weight is 566 g/mol. The Morgan fingerprint density at radius 1 is 0.455 bits per heavy atom. The number of benzene rings is 6. The summed E-state index contributed by atoms with van der Waals surface area (Å²) in [6.07, 6.45) is 4.60. The van der Waals surface area contributed by atoms with Gasteiger partial charge in [0.25, 0.3) is 0 Å². The molecule has 0 N–H and O–H groups in total. The molecule has 0 spiro atoms. The van der Waals surface area contributed by atoms with Crippen LogP contribution in [-0.2, 0) is 6.54 Å². The highest BCUT2D eigenvalue weighted by atomic mass is 15.1. The molecule has 0 atom stereocenters. The Morgan fingerprint density at radius 2 is 0.864 bits per heavy atom. The third kappa shape index (κ3) is 5.53. The molecule has 0 aromatic heterocycles. The zero-order valence-corrected chi connectivity index (χ0v) is 25.2. The van der Waals surface area contributed by atoms with Gasteiger partial charge >= 0.3 is 0 Å². The van der Waals surface area contributed by atoms with Gasteiger partial charge in [-0.3, -0.25) is 0 Å². The fourth-order valence-corrected chi connectivity index (χ4v) is 6.28. The summed E-state index contributed by atoms with van der Waals surface area (Å²) in [6, 6.07) is 54.8. The average Bonchev–Trinajstić information content (AvgIpc) is 3.19. The topological polar surface area (TPSA) is 3.24 Å². The molecule has 6 aromatic rings. The fraction of sp³-hybridized carbons (Fsp3) is 0.0698. The van der Waals surface area contributed by atoms with Crippen LogP contribution in [-0.4, -0.2) is 0 Å². The number of allylic oxidation sites excluding steroid dienone is 2. The second-order valence-corrected chi connectivity index (χ2v) is 11.6. The van der Waals surface area contributed by atoms with Crippen LogP contribution in [0.4, 0.5) is 11.4 Å². The van der Waals surface area contributed by atoms with Crippen LogP contribution >= 0.6 is 0 Å². The van der Waals surface area contributed by atoms with Crippen LogP contribution in [0, 0.1) is 0 Å². The second-order valence-electron chi connectivity index (χ2n) is 11.6.